The summed E-state index contributed by atoms with van der Waals surface area (Å²) in [5.41, 5.74) is 1.46. The first-order chi connectivity index (χ1) is 11.6. The highest BCUT2D eigenvalue weighted by Gasteiger charge is 2.43. The molecule has 2 heterocycles. The summed E-state index contributed by atoms with van der Waals surface area (Å²) in [6, 6.07) is 9.57. The van der Waals surface area contributed by atoms with E-state index in [1.54, 1.807) is 4.90 Å². The van der Waals surface area contributed by atoms with Crippen molar-refractivity contribution in [3.8, 4) is 0 Å². The first-order valence-corrected chi connectivity index (χ1v) is 10.3. The fourth-order valence-electron chi connectivity index (χ4n) is 3.84. The number of benzene rings is 1. The number of H-pyrrole nitrogens is 1. The summed E-state index contributed by atoms with van der Waals surface area (Å²) in [5.74, 6) is -0.110. The molecule has 2 aromatic rings. The van der Waals surface area contributed by atoms with Crippen molar-refractivity contribution in [2.45, 2.75) is 42.6 Å². The topological polar surface area (TPSA) is 70.2 Å². The summed E-state index contributed by atoms with van der Waals surface area (Å²) in [5, 5.41) is 0.420. The van der Waals surface area contributed by atoms with Gasteiger partial charge < -0.3 is 9.88 Å². The van der Waals surface area contributed by atoms with Crippen LogP contribution in [-0.2, 0) is 9.84 Å². The van der Waals surface area contributed by atoms with Gasteiger partial charge in [0.2, 0.25) is 0 Å². The maximum Gasteiger partial charge on any atom is 0.270 e. The zero-order chi connectivity index (χ0) is 16.7. The van der Waals surface area contributed by atoms with Crippen LogP contribution in [0.3, 0.4) is 0 Å². The van der Waals surface area contributed by atoms with Crippen molar-refractivity contribution >= 4 is 26.6 Å². The number of hydrogen-bond acceptors (Lipinski definition) is 3. The van der Waals surface area contributed by atoms with Crippen LogP contribution >= 0.6 is 0 Å². The predicted molar refractivity (Wildman–Crippen MR) is 93.8 cm³/mol. The molecular weight excluding hydrogens is 324 g/mol. The molecule has 0 unspecified atom stereocenters. The number of nitrogens with zero attached hydrogens (tertiary/aromatic N) is 1. The first-order valence-electron chi connectivity index (χ1n) is 8.65. The van der Waals surface area contributed by atoms with E-state index in [2.05, 4.69) is 4.98 Å². The Morgan fingerprint density at radius 1 is 1.04 bits per heavy atom. The number of fused-ring (bicyclic) bond motifs is 1. The lowest BCUT2D eigenvalue weighted by atomic mass is 10.0. The number of carbonyl (C=O) groups is 1. The molecule has 1 saturated carbocycles. The molecule has 24 heavy (non-hydrogen) atoms. The highest BCUT2D eigenvalue weighted by atomic mass is 32.2. The Hall–Kier alpha value is -1.82. The third kappa shape index (κ3) is 2.62. The molecular formula is C18H22N2O3S. The van der Waals surface area contributed by atoms with Crippen LogP contribution in [0.2, 0.25) is 0 Å². The number of carbonyl (C=O) groups excluding carboxylic acids is 1. The number of likely N-dealkylation sites (tertiary alicyclic amines) is 1. The third-order valence-electron chi connectivity index (χ3n) is 5.38. The fourth-order valence-corrected chi connectivity index (χ4v) is 6.15. The van der Waals surface area contributed by atoms with Crippen LogP contribution < -0.4 is 0 Å². The molecule has 5 nitrogen and oxygen atoms in total. The van der Waals surface area contributed by atoms with Gasteiger partial charge in [0.05, 0.1) is 10.5 Å². The Bertz CT molecular complexity index is 826. The quantitative estimate of drug-likeness (QED) is 0.929. The van der Waals surface area contributed by atoms with E-state index < -0.39 is 9.84 Å². The van der Waals surface area contributed by atoms with E-state index in [4.69, 9.17) is 0 Å². The minimum Gasteiger partial charge on any atom is -0.351 e. The van der Waals surface area contributed by atoms with Crippen LogP contribution in [0.1, 0.15) is 42.6 Å². The van der Waals surface area contributed by atoms with E-state index in [1.807, 2.05) is 30.3 Å². The Labute approximate surface area is 142 Å². The Balaban J connectivity index is 1.44. The van der Waals surface area contributed by atoms with Crippen molar-refractivity contribution in [2.24, 2.45) is 0 Å². The second-order valence-corrected chi connectivity index (χ2v) is 9.46. The van der Waals surface area contributed by atoms with Gasteiger partial charge >= 0.3 is 0 Å². The summed E-state index contributed by atoms with van der Waals surface area (Å²) in [4.78, 5) is 17.3. The summed E-state index contributed by atoms with van der Waals surface area (Å²) < 4.78 is 25.3. The predicted octanol–water partition coefficient (Wildman–Crippen LogP) is 2.74. The van der Waals surface area contributed by atoms with Crippen LogP contribution in [0, 0.1) is 0 Å². The molecule has 1 amide bonds. The van der Waals surface area contributed by atoms with Gasteiger partial charge in [-0.3, -0.25) is 4.79 Å². The van der Waals surface area contributed by atoms with Gasteiger partial charge in [-0.2, -0.15) is 0 Å². The molecule has 6 heteroatoms. The van der Waals surface area contributed by atoms with E-state index in [0.717, 1.165) is 43.0 Å². The molecule has 1 saturated heterocycles. The van der Waals surface area contributed by atoms with Gasteiger partial charge in [0.25, 0.3) is 5.91 Å². The van der Waals surface area contributed by atoms with E-state index in [0.29, 0.717) is 18.8 Å². The van der Waals surface area contributed by atoms with E-state index >= 15 is 0 Å². The number of hydrogen-bond donors (Lipinski definition) is 1. The van der Waals surface area contributed by atoms with Gasteiger partial charge in [-0.25, -0.2) is 8.42 Å². The maximum atomic E-state index is 12.7. The molecule has 4 rings (SSSR count). The minimum atomic E-state index is -3.10. The lowest BCUT2D eigenvalue weighted by molar-refractivity contribution is 0.0653. The molecule has 0 bridgehead atoms. The van der Waals surface area contributed by atoms with Gasteiger partial charge in [-0.1, -0.05) is 37.5 Å². The van der Waals surface area contributed by atoms with E-state index in [1.165, 1.54) is 0 Å². The van der Waals surface area contributed by atoms with Gasteiger partial charge in [0, 0.05) is 24.0 Å². The van der Waals surface area contributed by atoms with Crippen LogP contribution in [0.15, 0.2) is 30.3 Å². The zero-order valence-corrected chi connectivity index (χ0v) is 14.4. The summed E-state index contributed by atoms with van der Waals surface area (Å²) >= 11 is 0. The summed E-state index contributed by atoms with van der Waals surface area (Å²) in [7, 11) is -3.10. The molecule has 1 aliphatic carbocycles. The number of aromatic nitrogens is 1. The monoisotopic (exact) mass is 346 g/mol. The van der Waals surface area contributed by atoms with Crippen molar-refractivity contribution in [3.63, 3.8) is 0 Å². The molecule has 0 spiro atoms. The van der Waals surface area contributed by atoms with Crippen molar-refractivity contribution in [1.29, 1.82) is 0 Å². The fraction of sp³-hybridized carbons (Fsp3) is 0.500. The highest BCUT2D eigenvalue weighted by Crippen LogP contribution is 2.30. The van der Waals surface area contributed by atoms with Crippen LogP contribution in [0.4, 0.5) is 0 Å². The molecule has 2 aliphatic rings. The minimum absolute atomic E-state index is 0.110. The number of nitrogens with one attached hydrogen (secondary N) is 1. The molecule has 128 valence electrons. The summed E-state index contributed by atoms with van der Waals surface area (Å²) in [6.45, 7) is 0.653. The molecule has 0 atom stereocenters. The smallest absolute Gasteiger partial charge is 0.270 e. The number of amides is 1. The lowest BCUT2D eigenvalue weighted by Crippen LogP contribution is -2.58. The number of rotatable bonds is 3. The molecule has 2 fully saturated rings. The van der Waals surface area contributed by atoms with E-state index in [-0.39, 0.29) is 16.4 Å². The van der Waals surface area contributed by atoms with E-state index in [9.17, 15) is 13.2 Å². The Kier molecular flexibility index (Phi) is 3.87. The van der Waals surface area contributed by atoms with Crippen LogP contribution in [0.5, 0.6) is 0 Å². The molecule has 1 N–H and O–H groups in total. The largest absolute Gasteiger partial charge is 0.351 e. The number of sulfone groups is 1. The van der Waals surface area contributed by atoms with Crippen LogP contribution in [-0.4, -0.2) is 47.8 Å². The second kappa shape index (κ2) is 5.92. The average molecular weight is 346 g/mol. The highest BCUT2D eigenvalue weighted by molar-refractivity contribution is 7.92. The normalized spacial score (nSPS) is 20.2. The SMILES string of the molecule is O=C(c1cc2ccccc2[nH]1)N1CC(S(=O)(=O)C2CCCCC2)C1. The molecule has 1 aromatic carbocycles. The number of aromatic amines is 1. The zero-order valence-electron chi connectivity index (χ0n) is 13.6. The second-order valence-electron chi connectivity index (χ2n) is 6.95. The van der Waals surface area contributed by atoms with Gasteiger partial charge in [-0.05, 0) is 25.0 Å². The van der Waals surface area contributed by atoms with Crippen molar-refractivity contribution in [3.05, 3.63) is 36.0 Å². The van der Waals surface area contributed by atoms with Gasteiger partial charge in [-0.15, -0.1) is 0 Å². The third-order valence-corrected chi connectivity index (χ3v) is 8.01. The average Bonchev–Trinajstić information content (AvgIpc) is 2.98. The first kappa shape index (κ1) is 15.7. The van der Waals surface area contributed by atoms with Crippen molar-refractivity contribution in [2.75, 3.05) is 13.1 Å². The standard InChI is InChI=1S/C18H22N2O3S/c21-18(17-10-13-6-4-5-9-16(13)19-17)20-11-15(12-20)24(22,23)14-7-2-1-3-8-14/h4-6,9-10,14-15,19H,1-3,7-8,11-12H2. The molecule has 0 radical (unpaired) electrons. The van der Waals surface area contributed by atoms with Crippen molar-refractivity contribution in [1.82, 2.24) is 9.88 Å². The van der Waals surface area contributed by atoms with Crippen molar-refractivity contribution < 1.29 is 13.2 Å². The lowest BCUT2D eigenvalue weighted by Gasteiger charge is -2.40. The Morgan fingerprint density at radius 2 is 1.75 bits per heavy atom. The maximum absolute atomic E-state index is 12.7. The molecule has 1 aromatic heterocycles. The number of para-hydroxylation sites is 1. The Morgan fingerprint density at radius 3 is 2.46 bits per heavy atom. The van der Waals surface area contributed by atoms with Gasteiger partial charge in [0.1, 0.15) is 5.69 Å². The van der Waals surface area contributed by atoms with Gasteiger partial charge in [0.15, 0.2) is 9.84 Å². The van der Waals surface area contributed by atoms with Crippen LogP contribution in [0.25, 0.3) is 10.9 Å². The molecule has 1 aliphatic heterocycles. The summed E-state index contributed by atoms with van der Waals surface area (Å²) in [6.07, 6.45) is 4.73.